The average Bonchev–Trinajstić information content (AvgIpc) is 2.27. The smallest absolute Gasteiger partial charge is 0.0270 e. The number of nitrogens with two attached hydrogens (primary N) is 1. The van der Waals surface area contributed by atoms with Crippen molar-refractivity contribution in [1.82, 2.24) is 4.98 Å². The molecular formula is C13H22N2. The van der Waals surface area contributed by atoms with Crippen molar-refractivity contribution in [1.29, 1.82) is 0 Å². The molecule has 84 valence electrons. The maximum Gasteiger partial charge on any atom is 0.0270 e. The second-order valence-corrected chi connectivity index (χ2v) is 4.40. The van der Waals surface area contributed by atoms with E-state index in [2.05, 4.69) is 31.0 Å². The second kappa shape index (κ2) is 6.57. The van der Waals surface area contributed by atoms with Crippen molar-refractivity contribution in [2.75, 3.05) is 0 Å². The van der Waals surface area contributed by atoms with E-state index in [-0.39, 0.29) is 0 Å². The van der Waals surface area contributed by atoms with Crippen LogP contribution in [-0.2, 0) is 6.42 Å². The molecule has 0 bridgehead atoms. The largest absolute Gasteiger partial charge is 0.328 e. The Morgan fingerprint density at radius 1 is 1.33 bits per heavy atom. The van der Waals surface area contributed by atoms with Gasteiger partial charge in [0.15, 0.2) is 0 Å². The highest BCUT2D eigenvalue weighted by molar-refractivity contribution is 5.09. The predicted molar refractivity (Wildman–Crippen MR) is 64.6 cm³/mol. The van der Waals surface area contributed by atoms with Crippen LogP contribution in [0, 0.1) is 5.92 Å². The van der Waals surface area contributed by atoms with Gasteiger partial charge < -0.3 is 5.73 Å². The average molecular weight is 206 g/mol. The van der Waals surface area contributed by atoms with Gasteiger partial charge in [-0.25, -0.2) is 0 Å². The fourth-order valence-corrected chi connectivity index (χ4v) is 1.70. The number of pyridine rings is 1. The number of rotatable bonds is 6. The standard InChI is InChI=1S/C13H22N2/c1-3-11(2)10-13(14)5-4-12-6-8-15-9-7-12/h6-9,11,13H,3-5,10,14H2,1-2H3. The van der Waals surface area contributed by atoms with E-state index in [1.165, 1.54) is 12.0 Å². The van der Waals surface area contributed by atoms with Crippen molar-refractivity contribution in [3.8, 4) is 0 Å². The minimum atomic E-state index is 0.341. The highest BCUT2D eigenvalue weighted by Crippen LogP contribution is 2.12. The molecule has 0 aliphatic rings. The Labute approximate surface area is 92.9 Å². The Kier molecular flexibility index (Phi) is 5.33. The zero-order valence-corrected chi connectivity index (χ0v) is 9.82. The Balaban J connectivity index is 2.25. The van der Waals surface area contributed by atoms with Crippen molar-refractivity contribution < 1.29 is 0 Å². The molecular weight excluding hydrogens is 184 g/mol. The van der Waals surface area contributed by atoms with Gasteiger partial charge >= 0.3 is 0 Å². The summed E-state index contributed by atoms with van der Waals surface area (Å²) in [5, 5.41) is 0. The van der Waals surface area contributed by atoms with E-state index in [0.717, 1.165) is 25.2 Å². The summed E-state index contributed by atoms with van der Waals surface area (Å²) in [5.41, 5.74) is 7.42. The third-order valence-corrected chi connectivity index (χ3v) is 2.96. The van der Waals surface area contributed by atoms with Gasteiger partial charge in [0, 0.05) is 18.4 Å². The summed E-state index contributed by atoms with van der Waals surface area (Å²) in [6, 6.07) is 4.47. The lowest BCUT2D eigenvalue weighted by molar-refractivity contribution is 0.436. The molecule has 2 nitrogen and oxygen atoms in total. The van der Waals surface area contributed by atoms with Gasteiger partial charge in [0.25, 0.3) is 0 Å². The molecule has 0 saturated carbocycles. The van der Waals surface area contributed by atoms with Crippen LogP contribution in [0.25, 0.3) is 0 Å². The molecule has 2 heteroatoms. The zero-order chi connectivity index (χ0) is 11.1. The lowest BCUT2D eigenvalue weighted by Gasteiger charge is -2.15. The Hall–Kier alpha value is -0.890. The van der Waals surface area contributed by atoms with Gasteiger partial charge in [-0.1, -0.05) is 20.3 Å². The molecule has 2 N–H and O–H groups in total. The fraction of sp³-hybridized carbons (Fsp3) is 0.615. The van der Waals surface area contributed by atoms with E-state index >= 15 is 0 Å². The normalized spacial score (nSPS) is 14.9. The molecule has 0 aliphatic carbocycles. The molecule has 1 rings (SSSR count). The van der Waals surface area contributed by atoms with Crippen molar-refractivity contribution >= 4 is 0 Å². The minimum absolute atomic E-state index is 0.341. The number of aromatic nitrogens is 1. The van der Waals surface area contributed by atoms with Gasteiger partial charge in [0.05, 0.1) is 0 Å². The molecule has 0 radical (unpaired) electrons. The van der Waals surface area contributed by atoms with Crippen molar-refractivity contribution in [3.63, 3.8) is 0 Å². The summed E-state index contributed by atoms with van der Waals surface area (Å²) >= 11 is 0. The van der Waals surface area contributed by atoms with E-state index < -0.39 is 0 Å². The quantitative estimate of drug-likeness (QED) is 0.777. The first-order valence-electron chi connectivity index (χ1n) is 5.86. The SMILES string of the molecule is CCC(C)CC(N)CCc1ccncc1. The molecule has 1 aromatic rings. The molecule has 0 spiro atoms. The van der Waals surface area contributed by atoms with E-state index in [9.17, 15) is 0 Å². The van der Waals surface area contributed by atoms with Crippen LogP contribution in [-0.4, -0.2) is 11.0 Å². The summed E-state index contributed by atoms with van der Waals surface area (Å²) in [4.78, 5) is 4.00. The summed E-state index contributed by atoms with van der Waals surface area (Å²) in [5.74, 6) is 0.748. The number of hydrogen-bond donors (Lipinski definition) is 1. The number of aryl methyl sites for hydroxylation is 1. The van der Waals surface area contributed by atoms with Crippen LogP contribution >= 0.6 is 0 Å². The van der Waals surface area contributed by atoms with E-state index in [0.29, 0.717) is 6.04 Å². The predicted octanol–water partition coefficient (Wildman–Crippen LogP) is 2.78. The van der Waals surface area contributed by atoms with Crippen LogP contribution in [0.1, 0.15) is 38.7 Å². The van der Waals surface area contributed by atoms with Crippen molar-refractivity contribution in [3.05, 3.63) is 30.1 Å². The number of hydrogen-bond acceptors (Lipinski definition) is 2. The molecule has 15 heavy (non-hydrogen) atoms. The van der Waals surface area contributed by atoms with Crippen LogP contribution in [0.4, 0.5) is 0 Å². The first-order valence-corrected chi connectivity index (χ1v) is 5.86. The molecule has 1 aromatic heterocycles. The van der Waals surface area contributed by atoms with Gasteiger partial charge in [-0.15, -0.1) is 0 Å². The summed E-state index contributed by atoms with van der Waals surface area (Å²) in [7, 11) is 0. The van der Waals surface area contributed by atoms with Gasteiger partial charge in [0.2, 0.25) is 0 Å². The van der Waals surface area contributed by atoms with Gasteiger partial charge in [-0.2, -0.15) is 0 Å². The van der Waals surface area contributed by atoms with Gasteiger partial charge in [-0.3, -0.25) is 4.98 Å². The first-order chi connectivity index (χ1) is 7.22. The molecule has 0 saturated heterocycles. The van der Waals surface area contributed by atoms with Crippen LogP contribution in [0.3, 0.4) is 0 Å². The molecule has 2 unspecified atom stereocenters. The molecule has 0 aromatic carbocycles. The maximum atomic E-state index is 6.08. The van der Waals surface area contributed by atoms with Gasteiger partial charge in [-0.05, 0) is 42.9 Å². The lowest BCUT2D eigenvalue weighted by Crippen LogP contribution is -2.23. The second-order valence-electron chi connectivity index (χ2n) is 4.40. The maximum absolute atomic E-state index is 6.08. The van der Waals surface area contributed by atoms with E-state index in [1.54, 1.807) is 0 Å². The Morgan fingerprint density at radius 2 is 2.00 bits per heavy atom. The van der Waals surface area contributed by atoms with Gasteiger partial charge in [0.1, 0.15) is 0 Å². The van der Waals surface area contributed by atoms with Crippen molar-refractivity contribution in [2.24, 2.45) is 11.7 Å². The minimum Gasteiger partial charge on any atom is -0.328 e. The van der Waals surface area contributed by atoms with Crippen LogP contribution < -0.4 is 5.73 Å². The van der Waals surface area contributed by atoms with Crippen LogP contribution in [0.15, 0.2) is 24.5 Å². The third-order valence-electron chi connectivity index (χ3n) is 2.96. The monoisotopic (exact) mass is 206 g/mol. The first kappa shape index (κ1) is 12.2. The van der Waals surface area contributed by atoms with Crippen LogP contribution in [0.2, 0.25) is 0 Å². The fourth-order valence-electron chi connectivity index (χ4n) is 1.70. The molecule has 2 atom stereocenters. The summed E-state index contributed by atoms with van der Waals surface area (Å²) < 4.78 is 0. The highest BCUT2D eigenvalue weighted by atomic mass is 14.6. The third kappa shape index (κ3) is 4.93. The van der Waals surface area contributed by atoms with Crippen LogP contribution in [0.5, 0.6) is 0 Å². The summed E-state index contributed by atoms with van der Waals surface area (Å²) in [6.07, 6.45) is 8.20. The summed E-state index contributed by atoms with van der Waals surface area (Å²) in [6.45, 7) is 4.49. The lowest BCUT2D eigenvalue weighted by atomic mass is 9.96. The Morgan fingerprint density at radius 3 is 2.60 bits per heavy atom. The topological polar surface area (TPSA) is 38.9 Å². The molecule has 0 aliphatic heterocycles. The van der Waals surface area contributed by atoms with E-state index in [1.807, 2.05) is 12.4 Å². The zero-order valence-electron chi connectivity index (χ0n) is 9.82. The van der Waals surface area contributed by atoms with E-state index in [4.69, 9.17) is 5.73 Å². The number of nitrogens with zero attached hydrogens (tertiary/aromatic N) is 1. The highest BCUT2D eigenvalue weighted by Gasteiger charge is 2.07. The molecule has 0 amide bonds. The molecule has 1 heterocycles. The molecule has 0 fully saturated rings. The van der Waals surface area contributed by atoms with Crippen molar-refractivity contribution in [2.45, 2.75) is 45.6 Å². The Bertz CT molecular complexity index is 258.